The van der Waals surface area contributed by atoms with Crippen molar-refractivity contribution < 1.29 is 5.11 Å². The summed E-state index contributed by atoms with van der Waals surface area (Å²) < 4.78 is 0. The maximum absolute atomic E-state index is 9.68. The number of halogens is 1. The molecule has 0 atom stereocenters. The van der Waals surface area contributed by atoms with E-state index in [1.807, 2.05) is 30.3 Å². The zero-order valence-corrected chi connectivity index (χ0v) is 9.41. The molecule has 2 aromatic rings. The van der Waals surface area contributed by atoms with E-state index in [9.17, 15) is 5.11 Å². The molecular weight excluding hydrogens is 222 g/mol. The second kappa shape index (κ2) is 4.90. The number of benzene rings is 2. The van der Waals surface area contributed by atoms with Crippen molar-refractivity contribution in [2.45, 2.75) is 6.54 Å². The van der Waals surface area contributed by atoms with E-state index in [2.05, 4.69) is 5.32 Å². The van der Waals surface area contributed by atoms with Gasteiger partial charge in [0.15, 0.2) is 5.75 Å². The molecule has 2 N–H and O–H groups in total. The Morgan fingerprint density at radius 2 is 1.75 bits per heavy atom. The Labute approximate surface area is 99.5 Å². The van der Waals surface area contributed by atoms with E-state index in [4.69, 9.17) is 11.6 Å². The van der Waals surface area contributed by atoms with Crippen LogP contribution in [0.3, 0.4) is 0 Å². The van der Waals surface area contributed by atoms with Crippen LogP contribution in [0.25, 0.3) is 0 Å². The van der Waals surface area contributed by atoms with Gasteiger partial charge in [-0.3, -0.25) is 0 Å². The van der Waals surface area contributed by atoms with Crippen molar-refractivity contribution in [2.75, 3.05) is 5.32 Å². The monoisotopic (exact) mass is 233 g/mol. The fraction of sp³-hybridized carbons (Fsp3) is 0.0769. The Morgan fingerprint density at radius 1 is 1.00 bits per heavy atom. The zero-order valence-electron chi connectivity index (χ0n) is 8.65. The molecule has 0 saturated carbocycles. The van der Waals surface area contributed by atoms with Crippen LogP contribution >= 0.6 is 11.6 Å². The number of anilines is 1. The van der Waals surface area contributed by atoms with Crippen molar-refractivity contribution in [3.8, 4) is 5.75 Å². The molecule has 2 rings (SSSR count). The van der Waals surface area contributed by atoms with Gasteiger partial charge in [0.05, 0.1) is 10.7 Å². The number of hydrogen-bond acceptors (Lipinski definition) is 2. The van der Waals surface area contributed by atoms with Crippen molar-refractivity contribution in [1.82, 2.24) is 0 Å². The van der Waals surface area contributed by atoms with Crippen LogP contribution in [-0.4, -0.2) is 5.11 Å². The second-order valence-corrected chi connectivity index (χ2v) is 3.88. The first-order valence-corrected chi connectivity index (χ1v) is 5.40. The number of hydrogen-bond donors (Lipinski definition) is 2. The zero-order chi connectivity index (χ0) is 11.4. The quantitative estimate of drug-likeness (QED) is 0.793. The highest BCUT2D eigenvalue weighted by Gasteiger charge is 2.03. The molecule has 0 aliphatic rings. The third kappa shape index (κ3) is 2.47. The van der Waals surface area contributed by atoms with E-state index in [0.29, 0.717) is 17.3 Å². The first-order chi connectivity index (χ1) is 7.77. The van der Waals surface area contributed by atoms with Gasteiger partial charge in [-0.15, -0.1) is 0 Å². The van der Waals surface area contributed by atoms with Crippen LogP contribution in [0.1, 0.15) is 5.56 Å². The van der Waals surface area contributed by atoms with Gasteiger partial charge in [0.2, 0.25) is 0 Å². The molecule has 2 nitrogen and oxygen atoms in total. The molecular formula is C13H12ClNO. The molecule has 0 fully saturated rings. The molecule has 16 heavy (non-hydrogen) atoms. The summed E-state index contributed by atoms with van der Waals surface area (Å²) in [5.74, 6) is 0.0973. The van der Waals surface area contributed by atoms with Gasteiger partial charge in [-0.2, -0.15) is 0 Å². The largest absolute Gasteiger partial charge is 0.504 e. The lowest BCUT2D eigenvalue weighted by molar-refractivity contribution is 0.477. The van der Waals surface area contributed by atoms with Gasteiger partial charge in [-0.05, 0) is 17.7 Å². The highest BCUT2D eigenvalue weighted by molar-refractivity contribution is 6.32. The number of aromatic hydroxyl groups is 1. The van der Waals surface area contributed by atoms with Crippen LogP contribution in [-0.2, 0) is 6.54 Å². The SMILES string of the molecule is Oc1c(Cl)cccc1NCc1ccccc1. The Kier molecular flexibility index (Phi) is 3.32. The van der Waals surface area contributed by atoms with Crippen LogP contribution in [0.2, 0.25) is 5.02 Å². The van der Waals surface area contributed by atoms with Gasteiger partial charge < -0.3 is 10.4 Å². The highest BCUT2D eigenvalue weighted by atomic mass is 35.5. The Morgan fingerprint density at radius 3 is 2.50 bits per heavy atom. The highest BCUT2D eigenvalue weighted by Crippen LogP contribution is 2.31. The topological polar surface area (TPSA) is 32.3 Å². The minimum Gasteiger partial charge on any atom is -0.504 e. The molecule has 0 saturated heterocycles. The Balaban J connectivity index is 2.08. The fourth-order valence-electron chi connectivity index (χ4n) is 1.45. The van der Waals surface area contributed by atoms with Crippen molar-refractivity contribution in [2.24, 2.45) is 0 Å². The Bertz CT molecular complexity index is 471. The summed E-state index contributed by atoms with van der Waals surface area (Å²) in [7, 11) is 0. The van der Waals surface area contributed by atoms with Gasteiger partial charge in [0.25, 0.3) is 0 Å². The van der Waals surface area contributed by atoms with E-state index in [1.165, 1.54) is 0 Å². The van der Waals surface area contributed by atoms with Gasteiger partial charge in [0, 0.05) is 6.54 Å². The summed E-state index contributed by atoms with van der Waals surface area (Å²) in [5, 5.41) is 13.2. The molecule has 0 radical (unpaired) electrons. The lowest BCUT2D eigenvalue weighted by Gasteiger charge is -2.09. The Hall–Kier alpha value is -1.67. The smallest absolute Gasteiger partial charge is 0.157 e. The lowest BCUT2D eigenvalue weighted by atomic mass is 10.2. The minimum atomic E-state index is 0.0973. The summed E-state index contributed by atoms with van der Waals surface area (Å²) in [6, 6.07) is 15.2. The summed E-state index contributed by atoms with van der Waals surface area (Å²) in [5.41, 5.74) is 1.80. The van der Waals surface area contributed by atoms with E-state index < -0.39 is 0 Å². The second-order valence-electron chi connectivity index (χ2n) is 3.48. The van der Waals surface area contributed by atoms with Crippen LogP contribution in [0.15, 0.2) is 48.5 Å². The van der Waals surface area contributed by atoms with Gasteiger partial charge >= 0.3 is 0 Å². The molecule has 0 amide bonds. The summed E-state index contributed by atoms with van der Waals surface area (Å²) in [6.45, 7) is 0.661. The predicted molar refractivity (Wildman–Crippen MR) is 66.9 cm³/mol. The van der Waals surface area contributed by atoms with Crippen molar-refractivity contribution in [3.05, 3.63) is 59.1 Å². The summed E-state index contributed by atoms with van der Waals surface area (Å²) >= 11 is 5.81. The van der Waals surface area contributed by atoms with Gasteiger partial charge in [0.1, 0.15) is 0 Å². The average Bonchev–Trinajstić information content (AvgIpc) is 2.32. The van der Waals surface area contributed by atoms with Gasteiger partial charge in [-0.1, -0.05) is 48.0 Å². The van der Waals surface area contributed by atoms with E-state index in [0.717, 1.165) is 5.56 Å². The van der Waals surface area contributed by atoms with E-state index in [1.54, 1.807) is 18.2 Å². The standard InChI is InChI=1S/C13H12ClNO/c14-11-7-4-8-12(13(11)16)15-9-10-5-2-1-3-6-10/h1-8,15-16H,9H2. The normalized spacial score (nSPS) is 10.1. The van der Waals surface area contributed by atoms with E-state index in [-0.39, 0.29) is 5.75 Å². The molecule has 0 aliphatic heterocycles. The average molecular weight is 234 g/mol. The van der Waals surface area contributed by atoms with E-state index >= 15 is 0 Å². The van der Waals surface area contributed by atoms with Crippen LogP contribution < -0.4 is 5.32 Å². The predicted octanol–water partition coefficient (Wildman–Crippen LogP) is 3.66. The van der Waals surface area contributed by atoms with Crippen molar-refractivity contribution >= 4 is 17.3 Å². The molecule has 0 aliphatic carbocycles. The first-order valence-electron chi connectivity index (χ1n) is 5.02. The number of para-hydroxylation sites is 1. The van der Waals surface area contributed by atoms with Crippen molar-refractivity contribution in [3.63, 3.8) is 0 Å². The van der Waals surface area contributed by atoms with Crippen LogP contribution in [0.5, 0.6) is 5.75 Å². The molecule has 0 bridgehead atoms. The molecule has 2 aromatic carbocycles. The maximum Gasteiger partial charge on any atom is 0.157 e. The fourth-order valence-corrected chi connectivity index (χ4v) is 1.63. The maximum atomic E-state index is 9.68. The third-order valence-corrected chi connectivity index (χ3v) is 2.62. The first kappa shape index (κ1) is 10.8. The number of phenolic OH excluding ortho intramolecular Hbond substituents is 1. The summed E-state index contributed by atoms with van der Waals surface area (Å²) in [6.07, 6.45) is 0. The third-order valence-electron chi connectivity index (χ3n) is 2.31. The lowest BCUT2D eigenvalue weighted by Crippen LogP contribution is -1.99. The van der Waals surface area contributed by atoms with Crippen LogP contribution in [0, 0.1) is 0 Å². The molecule has 0 unspecified atom stereocenters. The molecule has 82 valence electrons. The number of nitrogens with one attached hydrogen (secondary N) is 1. The molecule has 0 aromatic heterocycles. The minimum absolute atomic E-state index is 0.0973. The van der Waals surface area contributed by atoms with Crippen molar-refractivity contribution in [1.29, 1.82) is 0 Å². The van der Waals surface area contributed by atoms with Gasteiger partial charge in [-0.25, -0.2) is 0 Å². The molecule has 0 spiro atoms. The van der Waals surface area contributed by atoms with Crippen LogP contribution in [0.4, 0.5) is 5.69 Å². The number of rotatable bonds is 3. The number of phenols is 1. The summed E-state index contributed by atoms with van der Waals surface area (Å²) in [4.78, 5) is 0. The molecule has 3 heteroatoms. The molecule has 0 heterocycles.